The van der Waals surface area contributed by atoms with Gasteiger partial charge in [-0.3, -0.25) is 4.79 Å². The van der Waals surface area contributed by atoms with Crippen LogP contribution >= 0.6 is 0 Å². The van der Waals surface area contributed by atoms with Gasteiger partial charge in [0.05, 0.1) is 12.4 Å². The fourth-order valence-electron chi connectivity index (χ4n) is 3.99. The molecule has 0 aromatic carbocycles. The number of aromatic nitrogens is 2. The Morgan fingerprint density at radius 1 is 1.48 bits per heavy atom. The van der Waals surface area contributed by atoms with Crippen LogP contribution in [0.1, 0.15) is 44.9 Å². The summed E-state index contributed by atoms with van der Waals surface area (Å²) < 4.78 is 16.2. The standard InChI is InChI=1S/C18H23N3O4/c1-2-23-14-11-13(18(14)8-4-9-18)19-15(22)6-7-16-20-17(21-25-16)12-5-3-10-24-12/h3,5,10,13-14H,2,4,6-9,11H2,1H3,(H,19,22). The molecule has 2 aliphatic carbocycles. The van der Waals surface area contributed by atoms with Crippen molar-refractivity contribution in [1.82, 2.24) is 15.5 Å². The van der Waals surface area contributed by atoms with Crippen LogP contribution in [0.5, 0.6) is 0 Å². The van der Waals surface area contributed by atoms with Gasteiger partial charge in [0.25, 0.3) is 0 Å². The molecule has 134 valence electrons. The number of hydrogen-bond donors (Lipinski definition) is 1. The lowest BCUT2D eigenvalue weighted by Gasteiger charge is -2.61. The quantitative estimate of drug-likeness (QED) is 0.830. The number of nitrogens with one attached hydrogen (secondary N) is 1. The van der Waals surface area contributed by atoms with Gasteiger partial charge in [0, 0.05) is 30.9 Å². The fraction of sp³-hybridized carbons (Fsp3) is 0.611. The summed E-state index contributed by atoms with van der Waals surface area (Å²) in [5.41, 5.74) is 0.183. The molecule has 1 N–H and O–H groups in total. The van der Waals surface area contributed by atoms with Gasteiger partial charge in [-0.15, -0.1) is 0 Å². The Kier molecular flexibility index (Phi) is 4.33. The molecular weight excluding hydrogens is 322 g/mol. The average molecular weight is 345 g/mol. The third-order valence-electron chi connectivity index (χ3n) is 5.55. The fourth-order valence-corrected chi connectivity index (χ4v) is 3.99. The van der Waals surface area contributed by atoms with Crippen molar-refractivity contribution < 1.29 is 18.5 Å². The molecule has 2 heterocycles. The van der Waals surface area contributed by atoms with Crippen molar-refractivity contribution in [3.63, 3.8) is 0 Å². The van der Waals surface area contributed by atoms with Gasteiger partial charge in [0.15, 0.2) is 5.76 Å². The van der Waals surface area contributed by atoms with Crippen LogP contribution in [0, 0.1) is 5.41 Å². The molecule has 1 spiro atoms. The molecule has 2 aliphatic rings. The number of carbonyl (C=O) groups excluding carboxylic acids is 1. The van der Waals surface area contributed by atoms with Crippen molar-refractivity contribution in [3.8, 4) is 11.6 Å². The third-order valence-corrected chi connectivity index (χ3v) is 5.55. The summed E-state index contributed by atoms with van der Waals surface area (Å²) in [6.45, 7) is 2.77. The van der Waals surface area contributed by atoms with E-state index in [0.717, 1.165) is 25.9 Å². The highest BCUT2D eigenvalue weighted by Crippen LogP contribution is 2.57. The molecule has 2 atom stereocenters. The van der Waals surface area contributed by atoms with Gasteiger partial charge in [-0.2, -0.15) is 4.98 Å². The average Bonchev–Trinajstić information content (AvgIpc) is 3.21. The molecule has 4 rings (SSSR count). The van der Waals surface area contributed by atoms with Crippen molar-refractivity contribution in [2.45, 2.75) is 57.6 Å². The van der Waals surface area contributed by atoms with E-state index in [1.165, 1.54) is 6.42 Å². The highest BCUT2D eigenvalue weighted by Gasteiger charge is 2.59. The van der Waals surface area contributed by atoms with E-state index in [1.54, 1.807) is 18.4 Å². The first-order valence-corrected chi connectivity index (χ1v) is 8.99. The van der Waals surface area contributed by atoms with Crippen LogP contribution in [-0.4, -0.2) is 34.8 Å². The molecular formula is C18H23N3O4. The zero-order chi connectivity index (χ0) is 17.3. The molecule has 2 saturated carbocycles. The molecule has 2 unspecified atom stereocenters. The second kappa shape index (κ2) is 6.63. The topological polar surface area (TPSA) is 90.4 Å². The second-order valence-electron chi connectivity index (χ2n) is 6.88. The number of furan rings is 1. The van der Waals surface area contributed by atoms with E-state index in [-0.39, 0.29) is 17.4 Å². The lowest BCUT2D eigenvalue weighted by atomic mass is 9.51. The van der Waals surface area contributed by atoms with Crippen LogP contribution in [0.25, 0.3) is 11.6 Å². The SMILES string of the molecule is CCOC1CC(NC(=O)CCc2nc(-c3ccco3)no2)C12CCC2. The number of carbonyl (C=O) groups is 1. The van der Waals surface area contributed by atoms with Crippen LogP contribution in [0.3, 0.4) is 0 Å². The lowest BCUT2D eigenvalue weighted by molar-refractivity contribution is -0.175. The third kappa shape index (κ3) is 2.97. The van der Waals surface area contributed by atoms with Gasteiger partial charge in [-0.1, -0.05) is 11.6 Å². The van der Waals surface area contributed by atoms with Crippen molar-refractivity contribution in [2.24, 2.45) is 5.41 Å². The predicted octanol–water partition coefficient (Wildman–Crippen LogP) is 2.73. The molecule has 2 aromatic rings. The zero-order valence-electron chi connectivity index (χ0n) is 14.4. The van der Waals surface area contributed by atoms with Crippen LogP contribution in [0.2, 0.25) is 0 Å². The van der Waals surface area contributed by atoms with E-state index < -0.39 is 0 Å². The lowest BCUT2D eigenvalue weighted by Crippen LogP contribution is -2.67. The first-order valence-electron chi connectivity index (χ1n) is 8.99. The van der Waals surface area contributed by atoms with E-state index in [9.17, 15) is 4.79 Å². The van der Waals surface area contributed by atoms with Gasteiger partial charge in [-0.05, 0) is 38.3 Å². The molecule has 0 aliphatic heterocycles. The van der Waals surface area contributed by atoms with Gasteiger partial charge in [0.1, 0.15) is 0 Å². The molecule has 2 aromatic heterocycles. The summed E-state index contributed by atoms with van der Waals surface area (Å²) >= 11 is 0. The zero-order valence-corrected chi connectivity index (χ0v) is 14.4. The molecule has 25 heavy (non-hydrogen) atoms. The Balaban J connectivity index is 1.27. The van der Waals surface area contributed by atoms with Gasteiger partial charge in [0.2, 0.25) is 17.6 Å². The van der Waals surface area contributed by atoms with Crippen molar-refractivity contribution >= 4 is 5.91 Å². The van der Waals surface area contributed by atoms with E-state index in [0.29, 0.717) is 36.4 Å². The highest BCUT2D eigenvalue weighted by atomic mass is 16.5. The summed E-state index contributed by atoms with van der Waals surface area (Å²) in [6.07, 6.45) is 7.08. The summed E-state index contributed by atoms with van der Waals surface area (Å²) in [6, 6.07) is 3.78. The maximum Gasteiger partial charge on any atom is 0.238 e. The minimum atomic E-state index is 0.0315. The number of ether oxygens (including phenoxy) is 1. The predicted molar refractivity (Wildman–Crippen MR) is 88.6 cm³/mol. The summed E-state index contributed by atoms with van der Waals surface area (Å²) in [5, 5.41) is 7.05. The maximum atomic E-state index is 12.3. The van der Waals surface area contributed by atoms with Crippen LogP contribution in [0.15, 0.2) is 27.3 Å². The smallest absolute Gasteiger partial charge is 0.238 e. The first kappa shape index (κ1) is 16.3. The molecule has 0 radical (unpaired) electrons. The molecule has 1 amide bonds. The summed E-state index contributed by atoms with van der Waals surface area (Å²) in [5.74, 6) is 1.44. The molecule has 7 nitrogen and oxygen atoms in total. The number of aryl methyl sites for hydroxylation is 1. The summed E-state index contributed by atoms with van der Waals surface area (Å²) in [4.78, 5) is 16.5. The monoisotopic (exact) mass is 345 g/mol. The van der Waals surface area contributed by atoms with Crippen molar-refractivity contribution in [3.05, 3.63) is 24.3 Å². The van der Waals surface area contributed by atoms with Crippen molar-refractivity contribution in [1.29, 1.82) is 0 Å². The minimum absolute atomic E-state index is 0.0315. The van der Waals surface area contributed by atoms with E-state index in [1.807, 2.05) is 6.92 Å². The largest absolute Gasteiger partial charge is 0.461 e. The minimum Gasteiger partial charge on any atom is -0.461 e. The van der Waals surface area contributed by atoms with Gasteiger partial charge >= 0.3 is 0 Å². The molecule has 0 bridgehead atoms. The molecule has 0 saturated heterocycles. The Hall–Kier alpha value is -2.15. The van der Waals surface area contributed by atoms with Crippen LogP contribution < -0.4 is 5.32 Å². The Morgan fingerprint density at radius 2 is 2.36 bits per heavy atom. The van der Waals surface area contributed by atoms with Gasteiger partial charge < -0.3 is 19.0 Å². The normalized spacial score (nSPS) is 23.9. The number of amides is 1. The molecule has 2 fully saturated rings. The van der Waals surface area contributed by atoms with E-state index >= 15 is 0 Å². The van der Waals surface area contributed by atoms with Crippen LogP contribution in [0.4, 0.5) is 0 Å². The Labute approximate surface area is 146 Å². The van der Waals surface area contributed by atoms with Gasteiger partial charge in [-0.25, -0.2) is 0 Å². The van der Waals surface area contributed by atoms with Crippen molar-refractivity contribution in [2.75, 3.05) is 6.61 Å². The number of hydrogen-bond acceptors (Lipinski definition) is 6. The Bertz CT molecular complexity index is 721. The molecule has 7 heteroatoms. The van der Waals surface area contributed by atoms with E-state index in [4.69, 9.17) is 13.7 Å². The maximum absolute atomic E-state index is 12.3. The first-order chi connectivity index (χ1) is 12.2. The van der Waals surface area contributed by atoms with E-state index in [2.05, 4.69) is 15.5 Å². The second-order valence-corrected chi connectivity index (χ2v) is 6.88. The van der Waals surface area contributed by atoms with Crippen LogP contribution in [-0.2, 0) is 16.0 Å². The Morgan fingerprint density at radius 3 is 3.04 bits per heavy atom. The highest BCUT2D eigenvalue weighted by molar-refractivity contribution is 5.76. The number of rotatable bonds is 7. The summed E-state index contributed by atoms with van der Waals surface area (Å²) in [7, 11) is 0. The number of nitrogens with zero attached hydrogens (tertiary/aromatic N) is 2.